The van der Waals surface area contributed by atoms with Crippen LogP contribution in [-0.4, -0.2) is 26.8 Å². The normalized spacial score (nSPS) is 11.0. The fraction of sp³-hybridized carbons (Fsp3) is 0.143. The molecule has 0 radical (unpaired) electrons. The molecule has 142 valence electrons. The third-order valence-electron chi connectivity index (χ3n) is 4.63. The molecule has 0 fully saturated rings. The number of nitrogens with zero attached hydrogens (tertiary/aromatic N) is 3. The van der Waals surface area contributed by atoms with Crippen LogP contribution in [0, 0.1) is 13.8 Å². The number of ether oxygens (including phenoxy) is 1. The minimum absolute atomic E-state index is 0.328. The summed E-state index contributed by atoms with van der Waals surface area (Å²) in [5.41, 5.74) is 11.5. The van der Waals surface area contributed by atoms with Crippen LogP contribution in [0.2, 0.25) is 0 Å². The molecule has 0 saturated heterocycles. The summed E-state index contributed by atoms with van der Waals surface area (Å²) >= 11 is 0. The standard InChI is InChI=1S/C21H21N5O2/c1-12-8-15(9-13(2)20(12)27)14-4-7-19-24-21(25-26(19)11-14)23-17-6-5-16(22)10-18(17)28-3/h4-11,27H,22H2,1-3H3,(H,23,25). The lowest BCUT2D eigenvalue weighted by Gasteiger charge is -2.09. The molecule has 0 spiro atoms. The fourth-order valence-corrected chi connectivity index (χ4v) is 3.16. The van der Waals surface area contributed by atoms with Gasteiger partial charge >= 0.3 is 0 Å². The number of aromatic hydroxyl groups is 1. The molecule has 4 aromatic rings. The lowest BCUT2D eigenvalue weighted by molar-refractivity contribution is 0.417. The van der Waals surface area contributed by atoms with Crippen LogP contribution < -0.4 is 15.8 Å². The maximum absolute atomic E-state index is 10.00. The SMILES string of the molecule is COc1cc(N)ccc1Nc1nc2ccc(-c3cc(C)c(O)c(C)c3)cn2n1. The van der Waals surface area contributed by atoms with Crippen molar-refractivity contribution in [3.8, 4) is 22.6 Å². The Balaban J connectivity index is 1.69. The van der Waals surface area contributed by atoms with Crippen LogP contribution in [0.4, 0.5) is 17.3 Å². The highest BCUT2D eigenvalue weighted by atomic mass is 16.5. The second kappa shape index (κ2) is 6.77. The second-order valence-electron chi connectivity index (χ2n) is 6.70. The number of methoxy groups -OCH3 is 1. The number of rotatable bonds is 4. The van der Waals surface area contributed by atoms with E-state index in [9.17, 15) is 5.11 Å². The predicted molar refractivity (Wildman–Crippen MR) is 110 cm³/mol. The number of phenolic OH excluding ortho intramolecular Hbond substituents is 1. The maximum atomic E-state index is 10.00. The largest absolute Gasteiger partial charge is 0.507 e. The smallest absolute Gasteiger partial charge is 0.247 e. The van der Waals surface area contributed by atoms with E-state index in [1.165, 1.54) is 0 Å². The van der Waals surface area contributed by atoms with Gasteiger partial charge in [0.1, 0.15) is 11.5 Å². The third kappa shape index (κ3) is 3.18. The molecule has 4 N–H and O–H groups in total. The van der Waals surface area contributed by atoms with Gasteiger partial charge in [0.15, 0.2) is 5.65 Å². The van der Waals surface area contributed by atoms with Crippen molar-refractivity contribution in [3.05, 3.63) is 59.8 Å². The van der Waals surface area contributed by atoms with E-state index in [2.05, 4.69) is 15.4 Å². The number of phenols is 1. The zero-order chi connectivity index (χ0) is 19.8. The van der Waals surface area contributed by atoms with E-state index in [4.69, 9.17) is 10.5 Å². The number of pyridine rings is 1. The van der Waals surface area contributed by atoms with Crippen LogP contribution in [0.15, 0.2) is 48.7 Å². The molecule has 0 aliphatic rings. The van der Waals surface area contributed by atoms with Crippen molar-refractivity contribution >= 4 is 23.0 Å². The van der Waals surface area contributed by atoms with Crippen molar-refractivity contribution < 1.29 is 9.84 Å². The molecule has 0 aliphatic carbocycles. The lowest BCUT2D eigenvalue weighted by Crippen LogP contribution is -1.98. The molecular weight excluding hydrogens is 354 g/mol. The van der Waals surface area contributed by atoms with Gasteiger partial charge in [0.25, 0.3) is 0 Å². The molecule has 7 nitrogen and oxygen atoms in total. The Morgan fingerprint density at radius 1 is 1.04 bits per heavy atom. The third-order valence-corrected chi connectivity index (χ3v) is 4.63. The van der Waals surface area contributed by atoms with E-state index < -0.39 is 0 Å². The number of nitrogen functional groups attached to an aromatic ring is 1. The minimum Gasteiger partial charge on any atom is -0.507 e. The summed E-state index contributed by atoms with van der Waals surface area (Å²) in [6.07, 6.45) is 1.92. The summed E-state index contributed by atoms with van der Waals surface area (Å²) in [6, 6.07) is 13.2. The van der Waals surface area contributed by atoms with E-state index in [1.54, 1.807) is 23.8 Å². The van der Waals surface area contributed by atoms with Gasteiger partial charge in [0, 0.05) is 23.5 Å². The molecule has 0 atom stereocenters. The van der Waals surface area contributed by atoms with Crippen LogP contribution in [-0.2, 0) is 0 Å². The van der Waals surface area contributed by atoms with Gasteiger partial charge in [-0.25, -0.2) is 4.52 Å². The molecule has 2 aromatic carbocycles. The number of hydrogen-bond donors (Lipinski definition) is 3. The Bertz CT molecular complexity index is 1160. The summed E-state index contributed by atoms with van der Waals surface area (Å²) in [5, 5.41) is 17.7. The van der Waals surface area contributed by atoms with Gasteiger partial charge in [-0.05, 0) is 66.9 Å². The van der Waals surface area contributed by atoms with E-state index in [1.807, 2.05) is 50.4 Å². The number of hydrogen-bond acceptors (Lipinski definition) is 6. The van der Waals surface area contributed by atoms with E-state index in [-0.39, 0.29) is 0 Å². The number of fused-ring (bicyclic) bond motifs is 1. The van der Waals surface area contributed by atoms with Gasteiger partial charge in [-0.3, -0.25) is 0 Å². The first kappa shape index (κ1) is 17.7. The van der Waals surface area contributed by atoms with Crippen LogP contribution >= 0.6 is 0 Å². The molecule has 0 unspecified atom stereocenters. The van der Waals surface area contributed by atoms with Gasteiger partial charge in [-0.2, -0.15) is 4.98 Å². The molecule has 0 amide bonds. The summed E-state index contributed by atoms with van der Waals surface area (Å²) < 4.78 is 7.08. The number of anilines is 3. The monoisotopic (exact) mass is 375 g/mol. The number of nitrogens with one attached hydrogen (secondary N) is 1. The predicted octanol–water partition coefficient (Wildman–Crippen LogP) is 4.05. The average molecular weight is 375 g/mol. The molecule has 2 aromatic heterocycles. The summed E-state index contributed by atoms with van der Waals surface area (Å²) in [7, 11) is 1.59. The van der Waals surface area contributed by atoms with Gasteiger partial charge < -0.3 is 20.9 Å². The molecule has 0 aliphatic heterocycles. The Labute approximate surface area is 162 Å². The molecule has 7 heteroatoms. The molecule has 0 bridgehead atoms. The summed E-state index contributed by atoms with van der Waals surface area (Å²) in [5.74, 6) is 1.40. The number of aromatic nitrogens is 3. The van der Waals surface area contributed by atoms with Crippen molar-refractivity contribution in [1.29, 1.82) is 0 Å². The zero-order valence-electron chi connectivity index (χ0n) is 15.9. The highest BCUT2D eigenvalue weighted by Crippen LogP contribution is 2.30. The molecule has 28 heavy (non-hydrogen) atoms. The molecule has 2 heterocycles. The lowest BCUT2D eigenvalue weighted by atomic mass is 10.0. The number of aryl methyl sites for hydroxylation is 2. The zero-order valence-corrected chi connectivity index (χ0v) is 15.9. The van der Waals surface area contributed by atoms with E-state index in [0.29, 0.717) is 28.8 Å². The van der Waals surface area contributed by atoms with Crippen LogP contribution in [0.25, 0.3) is 16.8 Å². The quantitative estimate of drug-likeness (QED) is 0.466. The van der Waals surface area contributed by atoms with E-state index in [0.717, 1.165) is 27.9 Å². The maximum Gasteiger partial charge on any atom is 0.247 e. The van der Waals surface area contributed by atoms with Crippen LogP contribution in [0.3, 0.4) is 0 Å². The molecule has 4 rings (SSSR count). The van der Waals surface area contributed by atoms with E-state index >= 15 is 0 Å². The summed E-state index contributed by atoms with van der Waals surface area (Å²) in [6.45, 7) is 3.78. The van der Waals surface area contributed by atoms with Crippen molar-refractivity contribution in [3.63, 3.8) is 0 Å². The minimum atomic E-state index is 0.328. The Hall–Kier alpha value is -3.74. The van der Waals surface area contributed by atoms with Crippen molar-refractivity contribution in [1.82, 2.24) is 14.6 Å². The van der Waals surface area contributed by atoms with Crippen LogP contribution in [0.5, 0.6) is 11.5 Å². The number of benzene rings is 2. The van der Waals surface area contributed by atoms with Gasteiger partial charge in [-0.1, -0.05) is 0 Å². The molecule has 0 saturated carbocycles. The second-order valence-corrected chi connectivity index (χ2v) is 6.70. The fourth-order valence-electron chi connectivity index (χ4n) is 3.16. The Kier molecular flexibility index (Phi) is 4.27. The summed E-state index contributed by atoms with van der Waals surface area (Å²) in [4.78, 5) is 4.50. The number of nitrogens with two attached hydrogens (primary N) is 1. The molecular formula is C21H21N5O2. The average Bonchev–Trinajstić information content (AvgIpc) is 3.08. The topological polar surface area (TPSA) is 97.7 Å². The van der Waals surface area contributed by atoms with Gasteiger partial charge in [-0.15, -0.1) is 5.10 Å². The van der Waals surface area contributed by atoms with Crippen molar-refractivity contribution in [2.75, 3.05) is 18.2 Å². The highest BCUT2D eigenvalue weighted by Gasteiger charge is 2.10. The first-order valence-corrected chi connectivity index (χ1v) is 8.82. The Morgan fingerprint density at radius 3 is 2.50 bits per heavy atom. The van der Waals surface area contributed by atoms with Crippen molar-refractivity contribution in [2.45, 2.75) is 13.8 Å². The first-order chi connectivity index (χ1) is 13.4. The highest BCUT2D eigenvalue weighted by molar-refractivity contribution is 5.70. The Morgan fingerprint density at radius 2 is 1.79 bits per heavy atom. The van der Waals surface area contributed by atoms with Gasteiger partial charge in [0.05, 0.1) is 12.8 Å². The van der Waals surface area contributed by atoms with Crippen LogP contribution in [0.1, 0.15) is 11.1 Å². The van der Waals surface area contributed by atoms with Gasteiger partial charge in [0.2, 0.25) is 5.95 Å². The van der Waals surface area contributed by atoms with Crippen molar-refractivity contribution in [2.24, 2.45) is 0 Å². The first-order valence-electron chi connectivity index (χ1n) is 8.82.